The molecule has 180 valence electrons. The molecule has 1 aliphatic heterocycles. The SMILES string of the molecule is COc1ccc2cc3n(c2c1)CC(C)(C(=O)NC1CCCCCC1)N(c1ccc(C)cc1)C3C. The van der Waals surface area contributed by atoms with Crippen molar-refractivity contribution in [3.63, 3.8) is 0 Å². The van der Waals surface area contributed by atoms with Gasteiger partial charge < -0.3 is 19.5 Å². The van der Waals surface area contributed by atoms with Gasteiger partial charge in [-0.05, 0) is 63.9 Å². The molecule has 1 N–H and O–H groups in total. The van der Waals surface area contributed by atoms with E-state index in [-0.39, 0.29) is 18.0 Å². The van der Waals surface area contributed by atoms with E-state index in [1.54, 1.807) is 7.11 Å². The van der Waals surface area contributed by atoms with Gasteiger partial charge in [0.15, 0.2) is 0 Å². The van der Waals surface area contributed by atoms with Crippen LogP contribution >= 0.6 is 0 Å². The van der Waals surface area contributed by atoms with Crippen molar-refractivity contribution in [2.45, 2.75) is 83.5 Å². The van der Waals surface area contributed by atoms with Crippen molar-refractivity contribution in [2.75, 3.05) is 12.0 Å². The van der Waals surface area contributed by atoms with E-state index in [0.29, 0.717) is 6.54 Å². The number of nitrogens with zero attached hydrogens (tertiary/aromatic N) is 2. The number of anilines is 1. The van der Waals surface area contributed by atoms with Gasteiger partial charge in [0, 0.05) is 28.9 Å². The second-order valence-corrected chi connectivity index (χ2v) is 10.4. The van der Waals surface area contributed by atoms with E-state index >= 15 is 0 Å². The Morgan fingerprint density at radius 3 is 2.41 bits per heavy atom. The van der Waals surface area contributed by atoms with E-state index < -0.39 is 5.54 Å². The first-order valence-corrected chi connectivity index (χ1v) is 12.7. The van der Waals surface area contributed by atoms with Crippen LogP contribution in [0.4, 0.5) is 5.69 Å². The number of aryl methyl sites for hydroxylation is 1. The van der Waals surface area contributed by atoms with Crippen molar-refractivity contribution in [1.29, 1.82) is 0 Å². The van der Waals surface area contributed by atoms with Gasteiger partial charge in [-0.1, -0.05) is 43.4 Å². The summed E-state index contributed by atoms with van der Waals surface area (Å²) in [5, 5.41) is 4.66. The third-order valence-corrected chi connectivity index (χ3v) is 7.95. The molecule has 0 spiro atoms. The summed E-state index contributed by atoms with van der Waals surface area (Å²) >= 11 is 0. The summed E-state index contributed by atoms with van der Waals surface area (Å²) in [4.78, 5) is 16.4. The van der Waals surface area contributed by atoms with Gasteiger partial charge in [0.1, 0.15) is 11.3 Å². The van der Waals surface area contributed by atoms with Crippen LogP contribution in [0.1, 0.15) is 69.7 Å². The summed E-state index contributed by atoms with van der Waals surface area (Å²) in [5.74, 6) is 0.967. The molecule has 5 nitrogen and oxygen atoms in total. The summed E-state index contributed by atoms with van der Waals surface area (Å²) in [7, 11) is 1.70. The van der Waals surface area contributed by atoms with Crippen molar-refractivity contribution < 1.29 is 9.53 Å². The molecule has 0 radical (unpaired) electrons. The molecule has 2 atom stereocenters. The number of ether oxygens (including phenoxy) is 1. The average Bonchev–Trinajstić information content (AvgIpc) is 2.99. The normalized spacial score (nSPS) is 23.4. The molecule has 2 aliphatic rings. The van der Waals surface area contributed by atoms with Crippen LogP contribution in [0, 0.1) is 6.92 Å². The minimum absolute atomic E-state index is 0.0414. The van der Waals surface area contributed by atoms with E-state index in [4.69, 9.17) is 4.74 Å². The topological polar surface area (TPSA) is 46.5 Å². The Bertz CT molecular complexity index is 1170. The first kappa shape index (κ1) is 22.8. The number of carbonyl (C=O) groups excluding carboxylic acids is 1. The van der Waals surface area contributed by atoms with E-state index in [2.05, 4.69) is 78.0 Å². The van der Waals surface area contributed by atoms with Gasteiger partial charge in [-0.25, -0.2) is 0 Å². The van der Waals surface area contributed by atoms with Gasteiger partial charge in [-0.2, -0.15) is 0 Å². The van der Waals surface area contributed by atoms with Crippen molar-refractivity contribution in [3.05, 3.63) is 59.8 Å². The summed E-state index contributed by atoms with van der Waals surface area (Å²) in [6, 6.07) is 17.4. The second-order valence-electron chi connectivity index (χ2n) is 10.4. The molecule has 2 aromatic carbocycles. The molecule has 1 aliphatic carbocycles. The van der Waals surface area contributed by atoms with E-state index in [9.17, 15) is 4.79 Å². The van der Waals surface area contributed by atoms with Crippen molar-refractivity contribution in [3.8, 4) is 5.75 Å². The largest absolute Gasteiger partial charge is 0.497 e. The molecule has 0 saturated heterocycles. The predicted molar refractivity (Wildman–Crippen MR) is 139 cm³/mol. The van der Waals surface area contributed by atoms with Gasteiger partial charge in [0.2, 0.25) is 5.91 Å². The average molecular weight is 460 g/mol. The Labute approximate surface area is 203 Å². The van der Waals surface area contributed by atoms with Crippen molar-refractivity contribution in [2.24, 2.45) is 0 Å². The predicted octanol–water partition coefficient (Wildman–Crippen LogP) is 6.14. The highest BCUT2D eigenvalue weighted by Crippen LogP contribution is 2.43. The fraction of sp³-hybridized carbons (Fsp3) is 0.483. The molecule has 1 fully saturated rings. The third kappa shape index (κ3) is 3.95. The highest BCUT2D eigenvalue weighted by molar-refractivity contribution is 5.92. The van der Waals surface area contributed by atoms with Gasteiger partial charge in [-0.15, -0.1) is 0 Å². The number of rotatable bonds is 4. The maximum absolute atomic E-state index is 14.1. The monoisotopic (exact) mass is 459 g/mol. The number of benzene rings is 2. The lowest BCUT2D eigenvalue weighted by atomic mass is 9.90. The zero-order valence-corrected chi connectivity index (χ0v) is 20.9. The molecule has 5 rings (SSSR count). The lowest BCUT2D eigenvalue weighted by Gasteiger charge is -2.50. The summed E-state index contributed by atoms with van der Waals surface area (Å²) < 4.78 is 7.85. The summed E-state index contributed by atoms with van der Waals surface area (Å²) in [6.45, 7) is 7.03. The Hall–Kier alpha value is -2.95. The number of fused-ring (bicyclic) bond motifs is 3. The molecule has 2 heterocycles. The first-order valence-electron chi connectivity index (χ1n) is 12.7. The van der Waals surface area contributed by atoms with Crippen LogP contribution < -0.4 is 15.0 Å². The van der Waals surface area contributed by atoms with Crippen LogP contribution in [-0.2, 0) is 11.3 Å². The van der Waals surface area contributed by atoms with Crippen LogP contribution in [0.25, 0.3) is 10.9 Å². The van der Waals surface area contributed by atoms with E-state index in [1.807, 2.05) is 6.07 Å². The van der Waals surface area contributed by atoms with Crippen LogP contribution in [-0.4, -0.2) is 29.2 Å². The lowest BCUT2D eigenvalue weighted by molar-refractivity contribution is -0.127. The number of nitrogens with one attached hydrogen (secondary N) is 1. The zero-order chi connectivity index (χ0) is 23.9. The second kappa shape index (κ2) is 9.01. The van der Waals surface area contributed by atoms with Gasteiger partial charge >= 0.3 is 0 Å². The first-order chi connectivity index (χ1) is 16.4. The lowest BCUT2D eigenvalue weighted by Crippen LogP contribution is -2.63. The molecule has 2 unspecified atom stereocenters. The number of carbonyl (C=O) groups is 1. The zero-order valence-electron chi connectivity index (χ0n) is 20.9. The Morgan fingerprint density at radius 2 is 1.74 bits per heavy atom. The Balaban J connectivity index is 1.59. The van der Waals surface area contributed by atoms with Crippen LogP contribution in [0.15, 0.2) is 48.5 Å². The number of aromatic nitrogens is 1. The maximum Gasteiger partial charge on any atom is 0.247 e. The standard InChI is InChI=1S/C29H37N3O2/c1-20-11-14-24(15-12-20)32-21(2)26-17-22-13-16-25(34-4)18-27(22)31(26)19-29(32,3)28(33)30-23-9-7-5-6-8-10-23/h11-18,21,23H,5-10,19H2,1-4H3,(H,30,33). The molecule has 34 heavy (non-hydrogen) atoms. The number of hydrogen-bond acceptors (Lipinski definition) is 3. The molecule has 1 amide bonds. The van der Waals surface area contributed by atoms with Crippen LogP contribution in [0.5, 0.6) is 5.75 Å². The molecule has 0 bridgehead atoms. The molecular weight excluding hydrogens is 422 g/mol. The van der Waals surface area contributed by atoms with Crippen LogP contribution in [0.2, 0.25) is 0 Å². The van der Waals surface area contributed by atoms with Gasteiger partial charge in [0.25, 0.3) is 0 Å². The highest BCUT2D eigenvalue weighted by atomic mass is 16.5. The fourth-order valence-corrected chi connectivity index (χ4v) is 6.01. The van der Waals surface area contributed by atoms with E-state index in [0.717, 1.165) is 29.8 Å². The Kier molecular flexibility index (Phi) is 6.05. The fourth-order valence-electron chi connectivity index (χ4n) is 6.01. The van der Waals surface area contributed by atoms with Gasteiger partial charge in [-0.3, -0.25) is 4.79 Å². The van der Waals surface area contributed by atoms with E-state index in [1.165, 1.54) is 42.3 Å². The smallest absolute Gasteiger partial charge is 0.247 e. The third-order valence-electron chi connectivity index (χ3n) is 7.95. The van der Waals surface area contributed by atoms with Gasteiger partial charge in [0.05, 0.1) is 25.2 Å². The summed E-state index contributed by atoms with van der Waals surface area (Å²) in [5.41, 5.74) is 3.94. The van der Waals surface area contributed by atoms with Crippen molar-refractivity contribution >= 4 is 22.5 Å². The maximum atomic E-state index is 14.1. The molecular formula is C29H37N3O2. The summed E-state index contributed by atoms with van der Waals surface area (Å²) in [6.07, 6.45) is 7.11. The molecule has 1 aromatic heterocycles. The number of methoxy groups -OCH3 is 1. The molecule has 3 aromatic rings. The van der Waals surface area contributed by atoms with Crippen LogP contribution in [0.3, 0.4) is 0 Å². The van der Waals surface area contributed by atoms with Crippen molar-refractivity contribution in [1.82, 2.24) is 9.88 Å². The Morgan fingerprint density at radius 1 is 1.03 bits per heavy atom. The number of amides is 1. The number of hydrogen-bond donors (Lipinski definition) is 1. The molecule has 5 heteroatoms. The minimum Gasteiger partial charge on any atom is -0.497 e. The minimum atomic E-state index is -0.719. The molecule has 1 saturated carbocycles. The highest BCUT2D eigenvalue weighted by Gasteiger charge is 2.47. The quantitative estimate of drug-likeness (QED) is 0.477.